The third kappa shape index (κ3) is 2.47. The zero-order chi connectivity index (χ0) is 19.1. The summed E-state index contributed by atoms with van der Waals surface area (Å²) >= 11 is 0. The molecule has 0 heterocycles. The van der Waals surface area contributed by atoms with Crippen LogP contribution in [0.2, 0.25) is 0 Å². The molecule has 3 aromatic rings. The largest absolute Gasteiger partial charge is 0.384 e. The molecule has 0 saturated carbocycles. The maximum Gasteiger partial charge on any atom is 0.102 e. The monoisotopic (exact) mass is 360 g/mol. The van der Waals surface area contributed by atoms with Crippen LogP contribution in [0, 0.1) is 0 Å². The predicted molar refractivity (Wildman–Crippen MR) is 111 cm³/mol. The molecule has 0 radical (unpaired) electrons. The quantitative estimate of drug-likeness (QED) is 0.595. The van der Waals surface area contributed by atoms with E-state index in [2.05, 4.69) is 62.4 Å². The zero-order valence-corrected chi connectivity index (χ0v) is 16.4. The van der Waals surface area contributed by atoms with E-state index in [9.17, 15) is 5.11 Å². The Morgan fingerprint density at radius 1 is 0.926 bits per heavy atom. The Bertz CT molecular complexity index is 944. The summed E-state index contributed by atoms with van der Waals surface area (Å²) in [5.41, 5.74) is 1.79. The molecule has 0 spiro atoms. The third-order valence-electron chi connectivity index (χ3n) is 6.52. The van der Waals surface area contributed by atoms with E-state index >= 15 is 0 Å². The van der Waals surface area contributed by atoms with Gasteiger partial charge in [-0.25, -0.2) is 0 Å². The van der Waals surface area contributed by atoms with Crippen LogP contribution in [0.1, 0.15) is 55.9 Å². The van der Waals surface area contributed by atoms with Crippen LogP contribution in [-0.4, -0.2) is 12.2 Å². The lowest BCUT2D eigenvalue weighted by Crippen LogP contribution is -2.48. The van der Waals surface area contributed by atoms with Crippen molar-refractivity contribution in [3.8, 4) is 0 Å². The molecule has 0 aliphatic heterocycles. The molecule has 27 heavy (non-hydrogen) atoms. The van der Waals surface area contributed by atoms with Crippen LogP contribution in [0.4, 0.5) is 0 Å². The predicted octanol–water partition coefficient (Wildman–Crippen LogP) is 5.88. The van der Waals surface area contributed by atoms with Gasteiger partial charge in [-0.15, -0.1) is 0 Å². The van der Waals surface area contributed by atoms with Crippen molar-refractivity contribution in [2.45, 2.75) is 50.2 Å². The van der Waals surface area contributed by atoms with E-state index in [1.165, 1.54) is 16.3 Å². The Morgan fingerprint density at radius 2 is 1.59 bits per heavy atom. The van der Waals surface area contributed by atoms with Crippen LogP contribution in [0.5, 0.6) is 0 Å². The first-order valence-electron chi connectivity index (χ1n) is 9.90. The number of rotatable bonds is 6. The average molecular weight is 360 g/mol. The van der Waals surface area contributed by atoms with Crippen molar-refractivity contribution in [1.29, 1.82) is 0 Å². The van der Waals surface area contributed by atoms with Gasteiger partial charge >= 0.3 is 0 Å². The first-order valence-corrected chi connectivity index (χ1v) is 9.90. The highest BCUT2D eigenvalue weighted by Crippen LogP contribution is 2.61. The van der Waals surface area contributed by atoms with Gasteiger partial charge in [0.25, 0.3) is 0 Å². The lowest BCUT2D eigenvalue weighted by molar-refractivity contribution is -0.107. The zero-order valence-electron chi connectivity index (χ0n) is 16.4. The number of hydrogen-bond donors (Lipinski definition) is 1. The number of methoxy groups -OCH3 is 1. The molecule has 1 aliphatic rings. The molecule has 1 N–H and O–H groups in total. The van der Waals surface area contributed by atoms with E-state index < -0.39 is 11.0 Å². The highest BCUT2D eigenvalue weighted by molar-refractivity contribution is 5.94. The molecule has 140 valence electrons. The summed E-state index contributed by atoms with van der Waals surface area (Å²) in [4.78, 5) is 0. The number of ether oxygens (including phenoxy) is 1. The van der Waals surface area contributed by atoms with Gasteiger partial charge in [0.1, 0.15) is 5.60 Å². The summed E-state index contributed by atoms with van der Waals surface area (Å²) in [5, 5.41) is 14.6. The van der Waals surface area contributed by atoms with Crippen LogP contribution >= 0.6 is 0 Å². The van der Waals surface area contributed by atoms with E-state index in [0.29, 0.717) is 0 Å². The second kappa shape index (κ2) is 6.78. The van der Waals surface area contributed by atoms with Crippen LogP contribution < -0.4 is 0 Å². The lowest BCUT2D eigenvalue weighted by Gasteiger charge is -2.46. The minimum absolute atomic E-state index is 0.237. The molecule has 0 amide bonds. The van der Waals surface area contributed by atoms with Gasteiger partial charge in [-0.3, -0.25) is 0 Å². The first kappa shape index (κ1) is 18.2. The van der Waals surface area contributed by atoms with E-state index in [4.69, 9.17) is 4.74 Å². The molecule has 0 aromatic heterocycles. The minimum Gasteiger partial charge on any atom is -0.384 e. The second-order valence-corrected chi connectivity index (χ2v) is 7.90. The summed E-state index contributed by atoms with van der Waals surface area (Å²) in [5.74, 6) is 0. The summed E-state index contributed by atoms with van der Waals surface area (Å²) in [7, 11) is 1.76. The van der Waals surface area contributed by atoms with Crippen LogP contribution in [0.3, 0.4) is 0 Å². The Kier molecular flexibility index (Phi) is 4.57. The van der Waals surface area contributed by atoms with E-state index in [0.717, 1.165) is 30.4 Å². The van der Waals surface area contributed by atoms with Crippen LogP contribution in [0.25, 0.3) is 10.8 Å². The van der Waals surface area contributed by atoms with Crippen molar-refractivity contribution in [1.82, 2.24) is 0 Å². The summed E-state index contributed by atoms with van der Waals surface area (Å²) < 4.78 is 6.10. The fourth-order valence-electron chi connectivity index (χ4n) is 5.14. The van der Waals surface area contributed by atoms with Crippen molar-refractivity contribution in [3.05, 3.63) is 83.4 Å². The molecule has 2 heteroatoms. The number of aliphatic hydroxyl groups is 1. The molecular formula is C25H28O2. The minimum atomic E-state index is -0.970. The highest BCUT2D eigenvalue weighted by Gasteiger charge is 2.59. The number of hydrogen-bond acceptors (Lipinski definition) is 2. The van der Waals surface area contributed by atoms with Crippen LogP contribution in [-0.2, 0) is 15.8 Å². The highest BCUT2D eigenvalue weighted by atomic mass is 16.5. The lowest BCUT2D eigenvalue weighted by atomic mass is 9.64. The molecule has 0 saturated heterocycles. The molecular weight excluding hydrogens is 332 g/mol. The SMILES string of the molecule is CCCCC1(O)c2cccc3cccc(c23)C1(C)C(OC)c1ccccc1. The van der Waals surface area contributed by atoms with Gasteiger partial charge in [-0.2, -0.15) is 0 Å². The Hall–Kier alpha value is -2.16. The maximum atomic E-state index is 12.3. The summed E-state index contributed by atoms with van der Waals surface area (Å²) in [6.45, 7) is 4.35. The van der Waals surface area contributed by atoms with E-state index in [1.807, 2.05) is 18.2 Å². The van der Waals surface area contributed by atoms with Gasteiger partial charge in [0.05, 0.1) is 11.5 Å². The molecule has 3 unspecified atom stereocenters. The Balaban J connectivity index is 2.01. The van der Waals surface area contributed by atoms with Gasteiger partial charge in [0, 0.05) is 7.11 Å². The van der Waals surface area contributed by atoms with E-state index in [1.54, 1.807) is 7.11 Å². The normalized spacial score (nSPS) is 25.0. The van der Waals surface area contributed by atoms with E-state index in [-0.39, 0.29) is 6.10 Å². The van der Waals surface area contributed by atoms with Crippen molar-refractivity contribution < 1.29 is 9.84 Å². The average Bonchev–Trinajstić information content (AvgIpc) is 2.90. The van der Waals surface area contributed by atoms with Gasteiger partial charge in [0.2, 0.25) is 0 Å². The molecule has 4 rings (SSSR count). The van der Waals surface area contributed by atoms with Gasteiger partial charge in [0.15, 0.2) is 0 Å². The topological polar surface area (TPSA) is 29.5 Å². The summed E-state index contributed by atoms with van der Waals surface area (Å²) in [6.07, 6.45) is 2.51. The smallest absolute Gasteiger partial charge is 0.102 e. The summed E-state index contributed by atoms with van der Waals surface area (Å²) in [6, 6.07) is 23.0. The maximum absolute atomic E-state index is 12.3. The van der Waals surface area contributed by atoms with Crippen molar-refractivity contribution in [2.75, 3.05) is 7.11 Å². The second-order valence-electron chi connectivity index (χ2n) is 7.90. The van der Waals surface area contributed by atoms with Crippen molar-refractivity contribution in [2.24, 2.45) is 0 Å². The molecule has 3 atom stereocenters. The number of benzene rings is 3. The third-order valence-corrected chi connectivity index (χ3v) is 6.52. The molecule has 3 aromatic carbocycles. The first-order chi connectivity index (χ1) is 13.1. The molecule has 1 aliphatic carbocycles. The fraction of sp³-hybridized carbons (Fsp3) is 0.360. The molecule has 0 bridgehead atoms. The Morgan fingerprint density at radius 3 is 2.22 bits per heavy atom. The van der Waals surface area contributed by atoms with Gasteiger partial charge in [-0.05, 0) is 40.8 Å². The van der Waals surface area contributed by atoms with Crippen molar-refractivity contribution in [3.63, 3.8) is 0 Å². The van der Waals surface area contributed by atoms with Crippen molar-refractivity contribution >= 4 is 10.8 Å². The number of unbranched alkanes of at least 4 members (excludes halogenated alkanes) is 1. The Labute approximate surface area is 161 Å². The van der Waals surface area contributed by atoms with Gasteiger partial charge < -0.3 is 9.84 Å². The van der Waals surface area contributed by atoms with Gasteiger partial charge in [-0.1, -0.05) is 86.5 Å². The molecule has 2 nitrogen and oxygen atoms in total. The fourth-order valence-corrected chi connectivity index (χ4v) is 5.14. The standard InChI is InChI=1S/C25H28O2/c1-4-5-17-25(26)21-16-10-14-18-13-9-15-20(22(18)21)24(25,2)23(27-3)19-11-7-6-8-12-19/h6-16,23,26H,4-5,17H2,1-3H3. The molecule has 0 fully saturated rings. The van der Waals surface area contributed by atoms with Crippen LogP contribution in [0.15, 0.2) is 66.7 Å².